The zero-order valence-electron chi connectivity index (χ0n) is 17.3. The molecule has 3 N–H and O–H groups in total. The lowest BCUT2D eigenvalue weighted by molar-refractivity contribution is 0.0548. The summed E-state index contributed by atoms with van der Waals surface area (Å²) in [6.07, 6.45) is 1.93. The molecule has 0 aliphatic rings. The molecule has 7 heteroatoms. The van der Waals surface area contributed by atoms with Crippen LogP contribution >= 0.6 is 0 Å². The molecule has 1 aromatic carbocycles. The van der Waals surface area contributed by atoms with E-state index in [0.29, 0.717) is 18.7 Å². The summed E-state index contributed by atoms with van der Waals surface area (Å²) in [6.45, 7) is 5.15. The van der Waals surface area contributed by atoms with Gasteiger partial charge in [0.15, 0.2) is 5.96 Å². The molecule has 0 radical (unpaired) electrons. The zero-order valence-corrected chi connectivity index (χ0v) is 17.3. The summed E-state index contributed by atoms with van der Waals surface area (Å²) in [4.78, 5) is 18.1. The SMILES string of the molecule is CCOC(CCN(C)C)CNC(=NC)NCCc1cccc(C(=O)NC)c1. The summed E-state index contributed by atoms with van der Waals surface area (Å²) < 4.78 is 5.80. The third-order valence-electron chi connectivity index (χ3n) is 4.14. The highest BCUT2D eigenvalue weighted by Crippen LogP contribution is 2.05. The zero-order chi connectivity index (χ0) is 20.1. The molecule has 152 valence electrons. The first-order chi connectivity index (χ1) is 13.0. The number of nitrogens with zero attached hydrogens (tertiary/aromatic N) is 2. The molecule has 0 spiro atoms. The Morgan fingerprint density at radius 2 is 2.07 bits per heavy atom. The first-order valence-corrected chi connectivity index (χ1v) is 9.52. The fourth-order valence-electron chi connectivity index (χ4n) is 2.65. The molecule has 0 aliphatic heterocycles. The summed E-state index contributed by atoms with van der Waals surface area (Å²) in [5, 5.41) is 9.30. The van der Waals surface area contributed by atoms with E-state index in [1.807, 2.05) is 31.2 Å². The van der Waals surface area contributed by atoms with Gasteiger partial charge >= 0.3 is 0 Å². The Labute approximate surface area is 163 Å². The van der Waals surface area contributed by atoms with E-state index >= 15 is 0 Å². The van der Waals surface area contributed by atoms with Crippen LogP contribution in [0.15, 0.2) is 29.3 Å². The maximum absolute atomic E-state index is 11.7. The number of nitrogens with one attached hydrogen (secondary N) is 3. The van der Waals surface area contributed by atoms with Gasteiger partial charge in [-0.3, -0.25) is 9.79 Å². The van der Waals surface area contributed by atoms with Crippen molar-refractivity contribution in [3.05, 3.63) is 35.4 Å². The number of aliphatic imine (C=N–C) groups is 1. The van der Waals surface area contributed by atoms with Crippen LogP contribution < -0.4 is 16.0 Å². The minimum Gasteiger partial charge on any atom is -0.377 e. The number of ether oxygens (including phenoxy) is 1. The van der Waals surface area contributed by atoms with Gasteiger partial charge < -0.3 is 25.6 Å². The third-order valence-corrected chi connectivity index (χ3v) is 4.14. The highest BCUT2D eigenvalue weighted by atomic mass is 16.5. The lowest BCUT2D eigenvalue weighted by Gasteiger charge is -2.21. The molecule has 1 rings (SSSR count). The van der Waals surface area contributed by atoms with Crippen molar-refractivity contribution in [1.82, 2.24) is 20.9 Å². The average molecular weight is 378 g/mol. The molecular weight excluding hydrogens is 342 g/mol. The van der Waals surface area contributed by atoms with Gasteiger partial charge in [0.05, 0.1) is 6.10 Å². The second kappa shape index (κ2) is 13.1. The molecule has 0 heterocycles. The highest BCUT2D eigenvalue weighted by Gasteiger charge is 2.10. The molecule has 0 saturated carbocycles. The van der Waals surface area contributed by atoms with Gasteiger partial charge in [0.2, 0.25) is 0 Å². The maximum Gasteiger partial charge on any atom is 0.251 e. The largest absolute Gasteiger partial charge is 0.377 e. The normalized spacial score (nSPS) is 12.7. The predicted molar refractivity (Wildman–Crippen MR) is 111 cm³/mol. The second-order valence-electron chi connectivity index (χ2n) is 6.58. The van der Waals surface area contributed by atoms with Gasteiger partial charge in [-0.25, -0.2) is 0 Å². The molecule has 7 nitrogen and oxygen atoms in total. The first kappa shape index (κ1) is 22.9. The second-order valence-corrected chi connectivity index (χ2v) is 6.58. The Morgan fingerprint density at radius 3 is 2.70 bits per heavy atom. The Morgan fingerprint density at radius 1 is 1.30 bits per heavy atom. The molecule has 27 heavy (non-hydrogen) atoms. The van der Waals surface area contributed by atoms with Crippen LogP contribution in [0.1, 0.15) is 29.3 Å². The third kappa shape index (κ3) is 9.40. The van der Waals surface area contributed by atoms with E-state index in [1.165, 1.54) is 0 Å². The van der Waals surface area contributed by atoms with Gasteiger partial charge in [-0.05, 0) is 51.6 Å². The average Bonchev–Trinajstić information content (AvgIpc) is 2.67. The number of benzene rings is 1. The Balaban J connectivity index is 2.44. The fraction of sp³-hybridized carbons (Fsp3) is 0.600. The first-order valence-electron chi connectivity index (χ1n) is 9.52. The van der Waals surface area contributed by atoms with Gasteiger partial charge in [0.1, 0.15) is 0 Å². The van der Waals surface area contributed by atoms with E-state index < -0.39 is 0 Å². The van der Waals surface area contributed by atoms with E-state index in [2.05, 4.69) is 39.9 Å². The van der Waals surface area contributed by atoms with Crippen LogP contribution in [-0.4, -0.2) is 77.3 Å². The van der Waals surface area contributed by atoms with Crippen LogP contribution in [0.4, 0.5) is 0 Å². The van der Waals surface area contributed by atoms with E-state index in [9.17, 15) is 4.79 Å². The smallest absolute Gasteiger partial charge is 0.251 e. The summed E-state index contributed by atoms with van der Waals surface area (Å²) in [5.74, 6) is 0.689. The van der Waals surface area contributed by atoms with Crippen LogP contribution in [0, 0.1) is 0 Å². The topological polar surface area (TPSA) is 78.0 Å². The lowest BCUT2D eigenvalue weighted by atomic mass is 10.1. The minimum absolute atomic E-state index is 0.0676. The number of amides is 1. The number of hydrogen-bond acceptors (Lipinski definition) is 4. The molecule has 0 saturated heterocycles. The fourth-order valence-corrected chi connectivity index (χ4v) is 2.65. The summed E-state index contributed by atoms with van der Waals surface area (Å²) in [6, 6.07) is 7.67. The van der Waals surface area contributed by atoms with Gasteiger partial charge in [0, 0.05) is 45.9 Å². The summed E-state index contributed by atoms with van der Waals surface area (Å²) >= 11 is 0. The molecule has 0 fully saturated rings. The van der Waals surface area contributed by atoms with Crippen molar-refractivity contribution < 1.29 is 9.53 Å². The highest BCUT2D eigenvalue weighted by molar-refractivity contribution is 5.94. The van der Waals surface area contributed by atoms with Crippen molar-refractivity contribution in [3.63, 3.8) is 0 Å². The predicted octanol–water partition coefficient (Wildman–Crippen LogP) is 1.11. The van der Waals surface area contributed by atoms with E-state index in [0.717, 1.165) is 37.5 Å². The molecule has 1 unspecified atom stereocenters. The number of carbonyl (C=O) groups is 1. The van der Waals surface area contributed by atoms with Gasteiger partial charge in [0.25, 0.3) is 5.91 Å². The van der Waals surface area contributed by atoms with Crippen molar-refractivity contribution in [2.24, 2.45) is 4.99 Å². The van der Waals surface area contributed by atoms with Gasteiger partial charge in [-0.1, -0.05) is 12.1 Å². The minimum atomic E-state index is -0.0676. The standard InChI is InChI=1S/C20H35N5O2/c1-6-27-18(11-13-25(4)5)15-24-20(22-3)23-12-10-16-8-7-9-17(14-16)19(26)21-2/h7-9,14,18H,6,10-13,15H2,1-5H3,(H,21,26)(H2,22,23,24). The Kier molecular flexibility index (Phi) is 11.1. The van der Waals surface area contributed by atoms with E-state index in [-0.39, 0.29) is 12.0 Å². The van der Waals surface area contributed by atoms with Crippen molar-refractivity contribution in [3.8, 4) is 0 Å². The molecule has 1 aromatic rings. The van der Waals surface area contributed by atoms with Gasteiger partial charge in [-0.2, -0.15) is 0 Å². The molecule has 1 amide bonds. The van der Waals surface area contributed by atoms with Gasteiger partial charge in [-0.15, -0.1) is 0 Å². The lowest BCUT2D eigenvalue weighted by Crippen LogP contribution is -2.43. The summed E-state index contributed by atoms with van der Waals surface area (Å²) in [5.41, 5.74) is 1.79. The Hall–Kier alpha value is -2.12. The van der Waals surface area contributed by atoms with E-state index in [1.54, 1.807) is 14.1 Å². The molecule has 0 bridgehead atoms. The number of guanidine groups is 1. The van der Waals surface area contributed by atoms with Crippen LogP contribution in [0.2, 0.25) is 0 Å². The molecule has 1 atom stereocenters. The van der Waals surface area contributed by atoms with Crippen molar-refractivity contribution in [2.45, 2.75) is 25.9 Å². The molecular formula is C20H35N5O2. The Bertz CT molecular complexity index is 589. The quantitative estimate of drug-likeness (QED) is 0.398. The monoisotopic (exact) mass is 377 g/mol. The molecule has 0 aliphatic carbocycles. The van der Waals surface area contributed by atoms with Crippen molar-refractivity contribution in [2.75, 3.05) is 54.4 Å². The summed E-state index contributed by atoms with van der Waals surface area (Å²) in [7, 11) is 7.53. The van der Waals surface area contributed by atoms with E-state index in [4.69, 9.17) is 4.74 Å². The molecule has 0 aromatic heterocycles. The van der Waals surface area contributed by atoms with Crippen LogP contribution in [0.25, 0.3) is 0 Å². The van der Waals surface area contributed by atoms with Crippen LogP contribution in [-0.2, 0) is 11.2 Å². The van der Waals surface area contributed by atoms with Crippen LogP contribution in [0.3, 0.4) is 0 Å². The number of carbonyl (C=O) groups excluding carboxylic acids is 1. The number of hydrogen-bond donors (Lipinski definition) is 3. The van der Waals surface area contributed by atoms with Crippen molar-refractivity contribution >= 4 is 11.9 Å². The van der Waals surface area contributed by atoms with Crippen molar-refractivity contribution in [1.29, 1.82) is 0 Å². The van der Waals surface area contributed by atoms with Crippen LogP contribution in [0.5, 0.6) is 0 Å². The number of rotatable bonds is 11. The maximum atomic E-state index is 11.7.